The first kappa shape index (κ1) is 15.6. The predicted molar refractivity (Wildman–Crippen MR) is 87.9 cm³/mol. The van der Waals surface area contributed by atoms with Crippen LogP contribution in [-0.2, 0) is 0 Å². The fraction of sp³-hybridized carbons (Fsp3) is 0. The zero-order chi connectivity index (χ0) is 17.1. The van der Waals surface area contributed by atoms with Gasteiger partial charge in [0.05, 0.1) is 15.5 Å². The molecule has 0 atom stereocenters. The van der Waals surface area contributed by atoms with E-state index in [0.717, 1.165) is 11.6 Å². The number of carbonyl (C=O) groups is 1. The summed E-state index contributed by atoms with van der Waals surface area (Å²) in [5.41, 5.74) is 1.25. The summed E-state index contributed by atoms with van der Waals surface area (Å²) in [6.07, 6.45) is 1.39. The molecule has 0 saturated heterocycles. The van der Waals surface area contributed by atoms with E-state index in [1.807, 2.05) is 6.07 Å². The lowest BCUT2D eigenvalue weighted by molar-refractivity contribution is -0.384. The van der Waals surface area contributed by atoms with Crippen LogP contribution in [-0.4, -0.2) is 26.0 Å². The third-order valence-corrected chi connectivity index (χ3v) is 3.53. The molecule has 0 saturated carbocycles. The molecule has 0 fully saturated rings. The van der Waals surface area contributed by atoms with Gasteiger partial charge < -0.3 is 5.32 Å². The van der Waals surface area contributed by atoms with Gasteiger partial charge in [-0.2, -0.15) is 5.10 Å². The molecule has 1 heterocycles. The smallest absolute Gasteiger partial charge is 0.270 e. The van der Waals surface area contributed by atoms with E-state index in [1.165, 1.54) is 18.5 Å². The largest absolute Gasteiger partial charge is 0.322 e. The molecule has 0 bridgehead atoms. The van der Waals surface area contributed by atoms with E-state index in [9.17, 15) is 14.9 Å². The van der Waals surface area contributed by atoms with Crippen molar-refractivity contribution in [1.29, 1.82) is 0 Å². The summed E-state index contributed by atoms with van der Waals surface area (Å²) in [6, 6.07) is 10.7. The van der Waals surface area contributed by atoms with Crippen LogP contribution in [0.15, 0.2) is 48.8 Å². The fourth-order valence-electron chi connectivity index (χ4n) is 2.09. The van der Waals surface area contributed by atoms with Gasteiger partial charge in [0.25, 0.3) is 11.6 Å². The van der Waals surface area contributed by atoms with Crippen LogP contribution in [0, 0.1) is 10.1 Å². The summed E-state index contributed by atoms with van der Waals surface area (Å²) in [5.74, 6) is 0.101. The number of halogens is 1. The van der Waals surface area contributed by atoms with Gasteiger partial charge in [-0.25, -0.2) is 4.98 Å². The summed E-state index contributed by atoms with van der Waals surface area (Å²) in [4.78, 5) is 26.5. The Kier molecular flexibility index (Phi) is 4.21. The van der Waals surface area contributed by atoms with Gasteiger partial charge in [0.2, 0.25) is 0 Å². The highest BCUT2D eigenvalue weighted by Crippen LogP contribution is 2.24. The number of hydrogen-bond donors (Lipinski definition) is 2. The quantitative estimate of drug-likeness (QED) is 0.557. The van der Waals surface area contributed by atoms with Gasteiger partial charge in [-0.3, -0.25) is 20.0 Å². The first-order valence-corrected chi connectivity index (χ1v) is 7.13. The second-order valence-electron chi connectivity index (χ2n) is 4.79. The highest BCUT2D eigenvalue weighted by atomic mass is 35.5. The van der Waals surface area contributed by atoms with Crippen molar-refractivity contribution in [1.82, 2.24) is 15.2 Å². The number of non-ortho nitro benzene ring substituents is 1. The van der Waals surface area contributed by atoms with Crippen molar-refractivity contribution in [2.45, 2.75) is 0 Å². The maximum atomic E-state index is 12.3. The molecule has 0 aliphatic carbocycles. The number of nitrogens with one attached hydrogen (secondary N) is 2. The molecule has 2 aromatic carbocycles. The van der Waals surface area contributed by atoms with Gasteiger partial charge in [-0.15, -0.1) is 0 Å². The van der Waals surface area contributed by atoms with E-state index in [0.29, 0.717) is 11.5 Å². The first-order chi connectivity index (χ1) is 11.5. The third-order valence-electron chi connectivity index (χ3n) is 3.22. The average molecular weight is 344 g/mol. The monoisotopic (exact) mass is 343 g/mol. The van der Waals surface area contributed by atoms with Crippen LogP contribution in [0.4, 0.5) is 11.4 Å². The number of hydrogen-bond acceptors (Lipinski definition) is 5. The van der Waals surface area contributed by atoms with E-state index in [2.05, 4.69) is 20.5 Å². The van der Waals surface area contributed by atoms with Crippen LogP contribution in [0.1, 0.15) is 10.4 Å². The molecule has 3 rings (SSSR count). The number of H-pyrrole nitrogens is 1. The van der Waals surface area contributed by atoms with Gasteiger partial charge >= 0.3 is 0 Å². The second-order valence-corrected chi connectivity index (χ2v) is 5.20. The Balaban J connectivity index is 1.83. The summed E-state index contributed by atoms with van der Waals surface area (Å²) in [7, 11) is 0. The highest BCUT2D eigenvalue weighted by Gasteiger charge is 2.15. The van der Waals surface area contributed by atoms with Gasteiger partial charge in [0.1, 0.15) is 6.33 Å². The molecule has 9 heteroatoms. The molecule has 2 N–H and O–H groups in total. The molecule has 8 nitrogen and oxygen atoms in total. The van der Waals surface area contributed by atoms with E-state index < -0.39 is 10.8 Å². The predicted octanol–water partition coefficient (Wildman–Crippen LogP) is 3.29. The molecular formula is C15H10ClN5O3. The number of nitro groups is 1. The van der Waals surface area contributed by atoms with Crippen molar-refractivity contribution >= 4 is 28.9 Å². The molecule has 3 aromatic rings. The summed E-state index contributed by atoms with van der Waals surface area (Å²) >= 11 is 5.96. The van der Waals surface area contributed by atoms with E-state index in [-0.39, 0.29) is 16.3 Å². The summed E-state index contributed by atoms with van der Waals surface area (Å²) in [6.45, 7) is 0. The normalized spacial score (nSPS) is 10.4. The van der Waals surface area contributed by atoms with E-state index in [4.69, 9.17) is 11.6 Å². The molecule has 1 aromatic heterocycles. The first-order valence-electron chi connectivity index (χ1n) is 6.75. The lowest BCUT2D eigenvalue weighted by Crippen LogP contribution is -2.12. The lowest BCUT2D eigenvalue weighted by Gasteiger charge is -2.08. The highest BCUT2D eigenvalue weighted by molar-refractivity contribution is 6.34. The number of aromatic nitrogens is 3. The van der Waals surface area contributed by atoms with Crippen molar-refractivity contribution in [3.8, 4) is 11.4 Å². The minimum absolute atomic E-state index is 0.00749. The topological polar surface area (TPSA) is 114 Å². The molecule has 0 unspecified atom stereocenters. The van der Waals surface area contributed by atoms with Crippen molar-refractivity contribution < 1.29 is 9.72 Å². The Hall–Kier alpha value is -3.26. The average Bonchev–Trinajstić information content (AvgIpc) is 3.09. The van der Waals surface area contributed by atoms with Gasteiger partial charge in [0, 0.05) is 23.4 Å². The van der Waals surface area contributed by atoms with Crippen LogP contribution in [0.5, 0.6) is 0 Å². The van der Waals surface area contributed by atoms with Crippen molar-refractivity contribution in [2.75, 3.05) is 5.32 Å². The van der Waals surface area contributed by atoms with Crippen LogP contribution in [0.2, 0.25) is 5.02 Å². The Morgan fingerprint density at radius 3 is 2.75 bits per heavy atom. The molecule has 0 aliphatic heterocycles. The minimum atomic E-state index is -0.575. The Morgan fingerprint density at radius 2 is 2.08 bits per heavy atom. The number of benzene rings is 2. The Morgan fingerprint density at radius 1 is 1.25 bits per heavy atom. The van der Waals surface area contributed by atoms with Gasteiger partial charge in [0.15, 0.2) is 5.82 Å². The fourth-order valence-corrected chi connectivity index (χ4v) is 2.35. The zero-order valence-corrected chi connectivity index (χ0v) is 12.8. The Labute approximate surface area is 140 Å². The number of amides is 1. The zero-order valence-electron chi connectivity index (χ0n) is 12.1. The van der Waals surface area contributed by atoms with Crippen molar-refractivity contribution in [2.24, 2.45) is 0 Å². The lowest BCUT2D eigenvalue weighted by atomic mass is 10.1. The van der Waals surface area contributed by atoms with Crippen molar-refractivity contribution in [3.05, 3.63) is 69.5 Å². The van der Waals surface area contributed by atoms with Crippen molar-refractivity contribution in [3.63, 3.8) is 0 Å². The molecular weight excluding hydrogens is 334 g/mol. The number of carbonyl (C=O) groups excluding carboxylic acids is 1. The summed E-state index contributed by atoms with van der Waals surface area (Å²) < 4.78 is 0. The van der Waals surface area contributed by atoms with Crippen LogP contribution >= 0.6 is 11.6 Å². The molecule has 0 aliphatic rings. The molecule has 1 amide bonds. The maximum Gasteiger partial charge on any atom is 0.270 e. The minimum Gasteiger partial charge on any atom is -0.322 e. The van der Waals surface area contributed by atoms with Gasteiger partial charge in [-0.1, -0.05) is 23.7 Å². The number of nitro benzene ring substituents is 1. The standard InChI is InChI=1S/C15H10ClN5O3/c16-13-7-11(21(23)24)4-5-12(13)15(22)19-10-3-1-2-9(6-10)14-17-8-18-20-14/h1-8H,(H,19,22)(H,17,18,20). The van der Waals surface area contributed by atoms with Gasteiger partial charge in [-0.05, 0) is 18.2 Å². The Bertz CT molecular complexity index is 911. The SMILES string of the molecule is O=C(Nc1cccc(-c2ncn[nH]2)c1)c1ccc([N+](=O)[O-])cc1Cl. The number of nitrogens with zero attached hydrogens (tertiary/aromatic N) is 3. The molecule has 0 spiro atoms. The molecule has 0 radical (unpaired) electrons. The van der Waals surface area contributed by atoms with Crippen LogP contribution in [0.3, 0.4) is 0 Å². The van der Waals surface area contributed by atoms with E-state index in [1.54, 1.807) is 18.2 Å². The maximum absolute atomic E-state index is 12.3. The summed E-state index contributed by atoms with van der Waals surface area (Å²) in [5, 5.41) is 19.9. The number of anilines is 1. The van der Waals surface area contributed by atoms with Crippen LogP contribution < -0.4 is 5.32 Å². The number of rotatable bonds is 4. The molecule has 24 heavy (non-hydrogen) atoms. The van der Waals surface area contributed by atoms with Crippen LogP contribution in [0.25, 0.3) is 11.4 Å². The molecule has 120 valence electrons. The number of aromatic amines is 1. The second kappa shape index (κ2) is 6.47. The third kappa shape index (κ3) is 3.23. The van der Waals surface area contributed by atoms with E-state index >= 15 is 0 Å².